The highest BCUT2D eigenvalue weighted by atomic mass is 16.6. The van der Waals surface area contributed by atoms with Crippen LogP contribution in [0.1, 0.15) is 63.0 Å². The molecule has 1 N–H and O–H groups in total. The number of benzene rings is 1. The summed E-state index contributed by atoms with van der Waals surface area (Å²) in [6.45, 7) is 9.07. The molecule has 1 aliphatic heterocycles. The maximum absolute atomic E-state index is 12.3. The summed E-state index contributed by atoms with van der Waals surface area (Å²) in [7, 11) is 1.31. The summed E-state index contributed by atoms with van der Waals surface area (Å²) in [6, 6.07) is 4.58. The highest BCUT2D eigenvalue weighted by molar-refractivity contribution is 5.96. The first kappa shape index (κ1) is 20.7. The van der Waals surface area contributed by atoms with Gasteiger partial charge in [-0.1, -0.05) is 13.8 Å². The average Bonchev–Trinajstić information content (AvgIpc) is 2.61. The minimum absolute atomic E-state index is 0.0704. The molecule has 1 aliphatic rings. The number of rotatable bonds is 4. The topological polar surface area (TPSA) is 84.9 Å². The molecule has 2 rings (SSSR count). The second-order valence-electron chi connectivity index (χ2n) is 7.06. The van der Waals surface area contributed by atoms with Crippen LogP contribution in [0.5, 0.6) is 0 Å². The first-order chi connectivity index (χ1) is 12.7. The van der Waals surface area contributed by atoms with E-state index in [9.17, 15) is 14.4 Å². The second kappa shape index (κ2) is 8.41. The number of amides is 2. The van der Waals surface area contributed by atoms with Gasteiger partial charge >= 0.3 is 12.1 Å². The van der Waals surface area contributed by atoms with Gasteiger partial charge in [-0.3, -0.25) is 4.79 Å². The highest BCUT2D eigenvalue weighted by Crippen LogP contribution is 2.42. The molecule has 7 nitrogen and oxygen atoms in total. The molecule has 0 aromatic heterocycles. The fourth-order valence-electron chi connectivity index (χ4n) is 3.73. The normalized spacial score (nSPS) is 21.4. The number of alkyl carbamates (subject to hydrolysis) is 1. The molecule has 2 amide bonds. The highest BCUT2D eigenvalue weighted by Gasteiger charge is 2.40. The number of hydrogen-bond acceptors (Lipinski definition) is 5. The van der Waals surface area contributed by atoms with E-state index in [1.54, 1.807) is 36.9 Å². The third-order valence-electron chi connectivity index (χ3n) is 4.88. The van der Waals surface area contributed by atoms with Crippen LogP contribution in [0.2, 0.25) is 0 Å². The summed E-state index contributed by atoms with van der Waals surface area (Å²) < 4.78 is 10.0. The molecule has 0 fully saturated rings. The summed E-state index contributed by atoms with van der Waals surface area (Å²) in [6.07, 6.45) is -0.0426. The van der Waals surface area contributed by atoms with Crippen molar-refractivity contribution >= 4 is 23.7 Å². The Morgan fingerprint density at radius 2 is 1.93 bits per heavy atom. The fraction of sp³-hybridized carbons (Fsp3) is 0.550. The first-order valence-electron chi connectivity index (χ1n) is 9.20. The van der Waals surface area contributed by atoms with E-state index in [0.29, 0.717) is 16.8 Å². The number of carbonyl (C=O) groups is 3. The number of ether oxygens (including phenoxy) is 2. The van der Waals surface area contributed by atoms with E-state index in [0.717, 1.165) is 6.42 Å². The van der Waals surface area contributed by atoms with Crippen molar-refractivity contribution in [2.24, 2.45) is 5.92 Å². The zero-order chi connectivity index (χ0) is 20.3. The smallest absolute Gasteiger partial charge is 0.407 e. The molecule has 0 radical (unpaired) electrons. The van der Waals surface area contributed by atoms with Crippen molar-refractivity contribution in [2.45, 2.75) is 59.2 Å². The van der Waals surface area contributed by atoms with Gasteiger partial charge in [-0.15, -0.1) is 0 Å². The van der Waals surface area contributed by atoms with E-state index in [-0.39, 0.29) is 24.0 Å². The Labute approximate surface area is 160 Å². The minimum atomic E-state index is -0.526. The van der Waals surface area contributed by atoms with E-state index in [4.69, 9.17) is 9.47 Å². The number of anilines is 1. The largest absolute Gasteiger partial charge is 0.465 e. The van der Waals surface area contributed by atoms with Crippen molar-refractivity contribution in [1.29, 1.82) is 0 Å². The zero-order valence-electron chi connectivity index (χ0n) is 16.7. The Hall–Kier alpha value is -2.57. The number of methoxy groups -OCH3 is 1. The van der Waals surface area contributed by atoms with Gasteiger partial charge in [-0.2, -0.15) is 0 Å². The lowest BCUT2D eigenvalue weighted by Gasteiger charge is -2.45. The lowest BCUT2D eigenvalue weighted by atomic mass is 9.80. The maximum Gasteiger partial charge on any atom is 0.407 e. The van der Waals surface area contributed by atoms with Crippen LogP contribution in [0.3, 0.4) is 0 Å². The van der Waals surface area contributed by atoms with E-state index >= 15 is 0 Å². The van der Waals surface area contributed by atoms with Crippen LogP contribution in [0, 0.1) is 5.92 Å². The summed E-state index contributed by atoms with van der Waals surface area (Å²) in [4.78, 5) is 38.3. The van der Waals surface area contributed by atoms with Crippen molar-refractivity contribution in [3.05, 3.63) is 29.3 Å². The predicted octanol–water partition coefficient (Wildman–Crippen LogP) is 3.43. The van der Waals surface area contributed by atoms with Gasteiger partial charge in [0.1, 0.15) is 0 Å². The van der Waals surface area contributed by atoms with Crippen molar-refractivity contribution in [2.75, 3.05) is 12.0 Å². The Bertz CT molecular complexity index is 731. The first-order valence-corrected chi connectivity index (χ1v) is 9.20. The van der Waals surface area contributed by atoms with Crippen molar-refractivity contribution in [3.63, 3.8) is 0 Å². The Morgan fingerprint density at radius 3 is 2.44 bits per heavy atom. The number of fused-ring (bicyclic) bond motifs is 1. The fourth-order valence-corrected chi connectivity index (χ4v) is 3.73. The monoisotopic (exact) mass is 376 g/mol. The van der Waals surface area contributed by atoms with Crippen molar-refractivity contribution < 1.29 is 23.9 Å². The van der Waals surface area contributed by atoms with Gasteiger partial charge in [0.15, 0.2) is 0 Å². The molecular weight excluding hydrogens is 348 g/mol. The van der Waals surface area contributed by atoms with Gasteiger partial charge in [0.2, 0.25) is 5.91 Å². The molecule has 1 aromatic carbocycles. The summed E-state index contributed by atoms with van der Waals surface area (Å²) in [5.41, 5.74) is 1.76. The minimum Gasteiger partial charge on any atom is -0.465 e. The number of esters is 1. The van der Waals surface area contributed by atoms with Crippen molar-refractivity contribution in [1.82, 2.24) is 5.32 Å². The summed E-state index contributed by atoms with van der Waals surface area (Å²) in [5.74, 6) is -0.621. The third kappa shape index (κ3) is 4.23. The molecular formula is C20H28N2O5. The summed E-state index contributed by atoms with van der Waals surface area (Å²) >= 11 is 0. The van der Waals surface area contributed by atoms with Crippen LogP contribution >= 0.6 is 0 Å². The standard InChI is InChI=1S/C20H28N2O5/c1-7-16-12(4)18(21-20(25)27-11(2)3)15-10-14(19(24)26-6)8-9-17(15)22(16)13(5)23/h8-12,16,18H,7H2,1-6H3,(H,21,25)/t12-,16+,18+/m1/s1. The quantitative estimate of drug-likeness (QED) is 0.814. The van der Waals surface area contributed by atoms with Crippen LogP contribution in [0.15, 0.2) is 18.2 Å². The second-order valence-corrected chi connectivity index (χ2v) is 7.06. The molecule has 0 spiro atoms. The van der Waals surface area contributed by atoms with Crippen LogP contribution in [-0.4, -0.2) is 37.2 Å². The van der Waals surface area contributed by atoms with Crippen molar-refractivity contribution in [3.8, 4) is 0 Å². The number of hydrogen-bond donors (Lipinski definition) is 1. The van der Waals surface area contributed by atoms with Crippen LogP contribution in [0.4, 0.5) is 10.5 Å². The molecule has 148 valence electrons. The Morgan fingerprint density at radius 1 is 1.26 bits per heavy atom. The van der Waals surface area contributed by atoms with Gasteiger partial charge in [0.05, 0.1) is 24.8 Å². The van der Waals surface area contributed by atoms with Crippen LogP contribution in [-0.2, 0) is 14.3 Å². The molecule has 0 saturated heterocycles. The van der Waals surface area contributed by atoms with Crippen LogP contribution < -0.4 is 10.2 Å². The van der Waals surface area contributed by atoms with E-state index < -0.39 is 18.1 Å². The van der Waals surface area contributed by atoms with Gasteiger partial charge in [-0.25, -0.2) is 9.59 Å². The molecule has 0 saturated carbocycles. The lowest BCUT2D eigenvalue weighted by molar-refractivity contribution is -0.117. The SMILES string of the molecule is CC[C@H]1[C@@H](C)[C@H](NC(=O)OC(C)C)c2cc(C(=O)OC)ccc2N1C(C)=O. The van der Waals surface area contributed by atoms with Gasteiger partial charge in [-0.05, 0) is 44.0 Å². The molecule has 27 heavy (non-hydrogen) atoms. The molecule has 1 heterocycles. The van der Waals surface area contributed by atoms with E-state index in [1.165, 1.54) is 14.0 Å². The molecule has 1 aromatic rings. The Balaban J connectivity index is 2.55. The van der Waals surface area contributed by atoms with Gasteiger partial charge in [0, 0.05) is 24.6 Å². The number of nitrogens with one attached hydrogen (secondary N) is 1. The average molecular weight is 376 g/mol. The zero-order valence-corrected chi connectivity index (χ0v) is 16.7. The third-order valence-corrected chi connectivity index (χ3v) is 4.88. The number of nitrogens with zero attached hydrogens (tertiary/aromatic N) is 1. The number of carbonyl (C=O) groups excluding carboxylic acids is 3. The van der Waals surface area contributed by atoms with E-state index in [2.05, 4.69) is 5.32 Å². The maximum atomic E-state index is 12.3. The molecule has 0 aliphatic carbocycles. The van der Waals surface area contributed by atoms with Gasteiger partial charge < -0.3 is 19.7 Å². The lowest BCUT2D eigenvalue weighted by Crippen LogP contribution is -2.52. The molecule has 0 unspecified atom stereocenters. The molecule has 0 bridgehead atoms. The molecule has 7 heteroatoms. The molecule has 3 atom stereocenters. The van der Waals surface area contributed by atoms with Crippen LogP contribution in [0.25, 0.3) is 0 Å². The Kier molecular flexibility index (Phi) is 6.46. The summed E-state index contributed by atoms with van der Waals surface area (Å²) in [5, 5.41) is 2.91. The van der Waals surface area contributed by atoms with E-state index in [1.807, 2.05) is 13.8 Å². The van der Waals surface area contributed by atoms with Gasteiger partial charge in [0.25, 0.3) is 0 Å². The predicted molar refractivity (Wildman–Crippen MR) is 102 cm³/mol.